The zero-order chi connectivity index (χ0) is 29.0. The first-order valence-electron chi connectivity index (χ1n) is 13.2. The molecule has 3 N–H and O–H groups in total. The molecule has 0 saturated heterocycles. The fraction of sp³-hybridized carbons (Fsp3) is 0.643. The first kappa shape index (κ1) is 32.9. The average molecular weight is 536 g/mol. The highest BCUT2D eigenvalue weighted by Crippen LogP contribution is 2.27. The fourth-order valence-electron chi connectivity index (χ4n) is 3.89. The van der Waals surface area contributed by atoms with Crippen molar-refractivity contribution in [2.45, 2.75) is 85.9 Å². The smallest absolute Gasteiger partial charge is 0.408 e. The topological polar surface area (TPSA) is 134 Å². The van der Waals surface area contributed by atoms with Gasteiger partial charge in [-0.3, -0.25) is 14.4 Å². The molecule has 0 spiro atoms. The van der Waals surface area contributed by atoms with Crippen molar-refractivity contribution in [2.75, 3.05) is 26.3 Å². The SMILES string of the molecule is CCOC(=O)CCNC(=O)C(c1cc(C)ccc1C)N(CCO)C(=O)C(NC(=O)OC(C)(C)C)C(C)CC. The molecule has 3 atom stereocenters. The van der Waals surface area contributed by atoms with Gasteiger partial charge in [-0.15, -0.1) is 0 Å². The summed E-state index contributed by atoms with van der Waals surface area (Å²) in [4.78, 5) is 53.3. The van der Waals surface area contributed by atoms with E-state index in [9.17, 15) is 24.3 Å². The van der Waals surface area contributed by atoms with Gasteiger partial charge < -0.3 is 30.1 Å². The molecule has 1 aromatic carbocycles. The Hall–Kier alpha value is -3.14. The highest BCUT2D eigenvalue weighted by molar-refractivity contribution is 5.92. The number of nitrogens with one attached hydrogen (secondary N) is 2. The number of carbonyl (C=O) groups is 4. The second kappa shape index (κ2) is 15.3. The Morgan fingerprint density at radius 2 is 1.76 bits per heavy atom. The standard InChI is InChI=1S/C28H45N3O7/c1-9-19(4)23(30-27(36)38-28(6,7)8)26(35)31(15-16-32)24(21-17-18(3)11-12-20(21)5)25(34)29-14-13-22(33)37-10-2/h11-12,17,19,23-24,32H,9-10,13-16H2,1-8H3,(H,29,34)(H,30,36). The molecule has 0 aromatic heterocycles. The van der Waals surface area contributed by atoms with Crippen LogP contribution in [0, 0.1) is 19.8 Å². The quantitative estimate of drug-likeness (QED) is 0.330. The summed E-state index contributed by atoms with van der Waals surface area (Å²) >= 11 is 0. The molecule has 10 nitrogen and oxygen atoms in total. The summed E-state index contributed by atoms with van der Waals surface area (Å²) in [5, 5.41) is 15.3. The number of amides is 3. The lowest BCUT2D eigenvalue weighted by molar-refractivity contribution is -0.145. The number of aliphatic hydroxyl groups excluding tert-OH is 1. The van der Waals surface area contributed by atoms with Crippen LogP contribution in [0.4, 0.5) is 4.79 Å². The number of benzene rings is 1. The average Bonchev–Trinajstić information content (AvgIpc) is 2.82. The highest BCUT2D eigenvalue weighted by atomic mass is 16.6. The molecule has 1 rings (SSSR count). The Labute approximate surface area is 226 Å². The third-order valence-electron chi connectivity index (χ3n) is 6.00. The van der Waals surface area contributed by atoms with E-state index in [0.717, 1.165) is 11.1 Å². The third-order valence-corrected chi connectivity index (χ3v) is 6.00. The first-order chi connectivity index (χ1) is 17.7. The largest absolute Gasteiger partial charge is 0.466 e. The van der Waals surface area contributed by atoms with Gasteiger partial charge in [-0.25, -0.2) is 4.79 Å². The molecule has 38 heavy (non-hydrogen) atoms. The van der Waals surface area contributed by atoms with Gasteiger partial charge >= 0.3 is 12.1 Å². The van der Waals surface area contributed by atoms with E-state index in [1.165, 1.54) is 4.90 Å². The lowest BCUT2D eigenvalue weighted by atomic mass is 9.93. The van der Waals surface area contributed by atoms with Crippen molar-refractivity contribution >= 4 is 23.9 Å². The van der Waals surface area contributed by atoms with Gasteiger partial charge in [-0.2, -0.15) is 0 Å². The number of ether oxygens (including phenoxy) is 2. The van der Waals surface area contributed by atoms with E-state index in [2.05, 4.69) is 10.6 Å². The van der Waals surface area contributed by atoms with Crippen molar-refractivity contribution in [2.24, 2.45) is 5.92 Å². The predicted octanol–water partition coefficient (Wildman–Crippen LogP) is 3.17. The third kappa shape index (κ3) is 10.3. The number of esters is 1. The van der Waals surface area contributed by atoms with Gasteiger partial charge in [0, 0.05) is 13.1 Å². The minimum Gasteiger partial charge on any atom is -0.466 e. The van der Waals surface area contributed by atoms with E-state index >= 15 is 0 Å². The van der Waals surface area contributed by atoms with Gasteiger partial charge in [-0.05, 0) is 58.6 Å². The van der Waals surface area contributed by atoms with Crippen LogP contribution in [0.15, 0.2) is 18.2 Å². The summed E-state index contributed by atoms with van der Waals surface area (Å²) in [7, 11) is 0. The van der Waals surface area contributed by atoms with E-state index in [4.69, 9.17) is 9.47 Å². The molecule has 0 fully saturated rings. The van der Waals surface area contributed by atoms with E-state index in [1.54, 1.807) is 27.7 Å². The molecule has 10 heteroatoms. The zero-order valence-corrected chi connectivity index (χ0v) is 24.1. The molecule has 0 aliphatic heterocycles. The number of hydrogen-bond acceptors (Lipinski definition) is 7. The van der Waals surface area contributed by atoms with Crippen LogP contribution in [0.1, 0.15) is 77.1 Å². The second-order valence-corrected chi connectivity index (χ2v) is 10.4. The van der Waals surface area contributed by atoms with Crippen LogP contribution in [0.5, 0.6) is 0 Å². The second-order valence-electron chi connectivity index (χ2n) is 10.4. The van der Waals surface area contributed by atoms with E-state index < -0.39 is 48.2 Å². The highest BCUT2D eigenvalue weighted by Gasteiger charge is 2.38. The lowest BCUT2D eigenvalue weighted by Gasteiger charge is -2.36. The molecule has 0 bridgehead atoms. The Morgan fingerprint density at radius 1 is 1.11 bits per heavy atom. The van der Waals surface area contributed by atoms with Crippen molar-refractivity contribution in [1.82, 2.24) is 15.5 Å². The molecule has 0 heterocycles. The van der Waals surface area contributed by atoms with Crippen molar-refractivity contribution < 1.29 is 33.8 Å². The number of aliphatic hydroxyl groups is 1. The molecule has 1 aromatic rings. The number of hydrogen-bond donors (Lipinski definition) is 3. The minimum atomic E-state index is -1.11. The van der Waals surface area contributed by atoms with Crippen LogP contribution in [-0.4, -0.2) is 71.8 Å². The van der Waals surface area contributed by atoms with Gasteiger partial charge in [0.15, 0.2) is 0 Å². The molecule has 0 aliphatic carbocycles. The summed E-state index contributed by atoms with van der Waals surface area (Å²) in [6, 6.07) is 3.47. The van der Waals surface area contributed by atoms with Crippen LogP contribution >= 0.6 is 0 Å². The summed E-state index contributed by atoms with van der Waals surface area (Å²) in [5.74, 6) is -1.77. The molecular weight excluding hydrogens is 490 g/mol. The number of aryl methyl sites for hydroxylation is 2. The van der Waals surface area contributed by atoms with Crippen LogP contribution < -0.4 is 10.6 Å². The normalized spacial score (nSPS) is 13.6. The van der Waals surface area contributed by atoms with Crippen molar-refractivity contribution in [3.8, 4) is 0 Å². The Bertz CT molecular complexity index is 958. The Balaban J connectivity index is 3.46. The number of rotatable bonds is 13. The van der Waals surface area contributed by atoms with Crippen molar-refractivity contribution in [1.29, 1.82) is 0 Å². The molecule has 214 valence electrons. The number of alkyl carbamates (subject to hydrolysis) is 1. The lowest BCUT2D eigenvalue weighted by Crippen LogP contribution is -2.56. The molecular formula is C28H45N3O7. The zero-order valence-electron chi connectivity index (χ0n) is 24.1. The maximum Gasteiger partial charge on any atom is 0.408 e. The maximum absolute atomic E-state index is 14.0. The van der Waals surface area contributed by atoms with Crippen LogP contribution in [-0.2, 0) is 23.9 Å². The van der Waals surface area contributed by atoms with E-state index in [1.807, 2.05) is 45.9 Å². The molecule has 0 aliphatic rings. The van der Waals surface area contributed by atoms with Gasteiger partial charge in [0.2, 0.25) is 11.8 Å². The summed E-state index contributed by atoms with van der Waals surface area (Å²) < 4.78 is 10.3. The summed E-state index contributed by atoms with van der Waals surface area (Å²) in [6.07, 6.45) is -0.204. The summed E-state index contributed by atoms with van der Waals surface area (Å²) in [5.41, 5.74) is 1.48. The Kier molecular flexibility index (Phi) is 13.3. The number of nitrogens with zero attached hydrogens (tertiary/aromatic N) is 1. The van der Waals surface area contributed by atoms with Crippen LogP contribution in [0.25, 0.3) is 0 Å². The molecule has 0 saturated carbocycles. The minimum absolute atomic E-state index is 0.0190. The van der Waals surface area contributed by atoms with Gasteiger partial charge in [0.05, 0.1) is 19.6 Å². The van der Waals surface area contributed by atoms with Crippen molar-refractivity contribution in [3.05, 3.63) is 34.9 Å². The van der Waals surface area contributed by atoms with Gasteiger partial charge in [0.1, 0.15) is 17.7 Å². The molecule has 0 radical (unpaired) electrons. The molecule has 3 amide bonds. The van der Waals surface area contributed by atoms with E-state index in [0.29, 0.717) is 12.0 Å². The Morgan fingerprint density at radius 3 is 2.32 bits per heavy atom. The van der Waals surface area contributed by atoms with Gasteiger partial charge in [-0.1, -0.05) is 44.0 Å². The van der Waals surface area contributed by atoms with Crippen molar-refractivity contribution in [3.63, 3.8) is 0 Å². The predicted molar refractivity (Wildman–Crippen MR) is 144 cm³/mol. The van der Waals surface area contributed by atoms with Crippen LogP contribution in [0.3, 0.4) is 0 Å². The van der Waals surface area contributed by atoms with Crippen LogP contribution in [0.2, 0.25) is 0 Å². The monoisotopic (exact) mass is 535 g/mol. The van der Waals surface area contributed by atoms with Gasteiger partial charge in [0.25, 0.3) is 0 Å². The molecule has 3 unspecified atom stereocenters. The maximum atomic E-state index is 14.0. The summed E-state index contributed by atoms with van der Waals surface area (Å²) in [6.45, 7) is 14.0. The number of carbonyl (C=O) groups excluding carboxylic acids is 4. The first-order valence-corrected chi connectivity index (χ1v) is 13.2. The fourth-order valence-corrected chi connectivity index (χ4v) is 3.89. The van der Waals surface area contributed by atoms with E-state index in [-0.39, 0.29) is 32.0 Å².